The highest BCUT2D eigenvalue weighted by Gasteiger charge is 2.32. The summed E-state index contributed by atoms with van der Waals surface area (Å²) >= 11 is 0. The molecule has 4 nitrogen and oxygen atoms in total. The van der Waals surface area contributed by atoms with Gasteiger partial charge in [0.2, 0.25) is 0 Å². The van der Waals surface area contributed by atoms with Gasteiger partial charge in [-0.05, 0) is 52.6 Å². The molecular weight excluding hydrogens is 250 g/mol. The van der Waals surface area contributed by atoms with Gasteiger partial charge in [-0.25, -0.2) is 0 Å². The summed E-state index contributed by atoms with van der Waals surface area (Å²) in [5.74, 6) is 0. The molecule has 3 fully saturated rings. The molecule has 3 saturated heterocycles. The Labute approximate surface area is 123 Å². The summed E-state index contributed by atoms with van der Waals surface area (Å²) < 4.78 is 5.92. The lowest BCUT2D eigenvalue weighted by atomic mass is 9.97. The van der Waals surface area contributed by atoms with Crippen molar-refractivity contribution in [2.75, 3.05) is 39.3 Å². The third kappa shape index (κ3) is 3.53. The second-order valence-corrected chi connectivity index (χ2v) is 7.04. The van der Waals surface area contributed by atoms with Gasteiger partial charge in [-0.3, -0.25) is 4.90 Å². The molecule has 3 unspecified atom stereocenters. The SMILES string of the molecule is CC(C)N1CCOC(CNC2CCN3CCCC3C2)C1. The van der Waals surface area contributed by atoms with E-state index in [1.807, 2.05) is 0 Å². The minimum Gasteiger partial charge on any atom is -0.374 e. The van der Waals surface area contributed by atoms with E-state index in [-0.39, 0.29) is 0 Å². The summed E-state index contributed by atoms with van der Waals surface area (Å²) in [5.41, 5.74) is 0. The largest absolute Gasteiger partial charge is 0.374 e. The van der Waals surface area contributed by atoms with Crippen LogP contribution in [0.3, 0.4) is 0 Å². The van der Waals surface area contributed by atoms with E-state index in [4.69, 9.17) is 4.74 Å². The van der Waals surface area contributed by atoms with Gasteiger partial charge >= 0.3 is 0 Å². The van der Waals surface area contributed by atoms with Gasteiger partial charge in [0, 0.05) is 37.8 Å². The molecule has 3 heterocycles. The maximum absolute atomic E-state index is 5.92. The van der Waals surface area contributed by atoms with Gasteiger partial charge in [0.15, 0.2) is 0 Å². The van der Waals surface area contributed by atoms with E-state index in [2.05, 4.69) is 29.0 Å². The molecule has 0 saturated carbocycles. The maximum Gasteiger partial charge on any atom is 0.0826 e. The van der Waals surface area contributed by atoms with Crippen LogP contribution in [-0.2, 0) is 4.74 Å². The quantitative estimate of drug-likeness (QED) is 0.841. The molecule has 1 N–H and O–H groups in total. The molecule has 3 aliphatic heterocycles. The second-order valence-electron chi connectivity index (χ2n) is 7.04. The van der Waals surface area contributed by atoms with E-state index in [1.54, 1.807) is 0 Å². The molecule has 0 amide bonds. The van der Waals surface area contributed by atoms with Crippen LogP contribution in [0.15, 0.2) is 0 Å². The monoisotopic (exact) mass is 281 g/mol. The fraction of sp³-hybridized carbons (Fsp3) is 1.00. The van der Waals surface area contributed by atoms with Gasteiger partial charge in [-0.15, -0.1) is 0 Å². The number of morpholine rings is 1. The summed E-state index contributed by atoms with van der Waals surface area (Å²) in [5, 5.41) is 3.79. The van der Waals surface area contributed by atoms with E-state index in [0.29, 0.717) is 18.2 Å². The molecular formula is C16H31N3O. The zero-order valence-corrected chi connectivity index (χ0v) is 13.2. The Kier molecular flexibility index (Phi) is 4.97. The predicted molar refractivity (Wildman–Crippen MR) is 82.1 cm³/mol. The zero-order valence-electron chi connectivity index (χ0n) is 13.2. The first-order valence-corrected chi connectivity index (χ1v) is 8.55. The van der Waals surface area contributed by atoms with Crippen LogP contribution in [0.1, 0.15) is 39.5 Å². The normalized spacial score (nSPS) is 36.5. The lowest BCUT2D eigenvalue weighted by Crippen LogP contribution is -2.52. The highest BCUT2D eigenvalue weighted by molar-refractivity contribution is 4.89. The van der Waals surface area contributed by atoms with Crippen LogP contribution in [-0.4, -0.2) is 73.4 Å². The average molecular weight is 281 g/mol. The molecule has 4 heteroatoms. The number of piperidine rings is 1. The van der Waals surface area contributed by atoms with Crippen molar-refractivity contribution in [2.45, 2.75) is 63.8 Å². The van der Waals surface area contributed by atoms with Crippen molar-refractivity contribution in [3.63, 3.8) is 0 Å². The Bertz CT molecular complexity index is 304. The molecule has 3 atom stereocenters. The number of hydrogen-bond acceptors (Lipinski definition) is 4. The summed E-state index contributed by atoms with van der Waals surface area (Å²) in [4.78, 5) is 5.23. The van der Waals surface area contributed by atoms with Crippen molar-refractivity contribution >= 4 is 0 Å². The van der Waals surface area contributed by atoms with Crippen molar-refractivity contribution in [2.24, 2.45) is 0 Å². The van der Waals surface area contributed by atoms with Crippen LogP contribution in [0.4, 0.5) is 0 Å². The number of nitrogens with one attached hydrogen (secondary N) is 1. The molecule has 0 aromatic rings. The fourth-order valence-corrected chi connectivity index (χ4v) is 4.04. The summed E-state index contributed by atoms with van der Waals surface area (Å²) in [7, 11) is 0. The van der Waals surface area contributed by atoms with Crippen molar-refractivity contribution in [3.8, 4) is 0 Å². The van der Waals surface area contributed by atoms with Gasteiger partial charge < -0.3 is 15.0 Å². The highest BCUT2D eigenvalue weighted by atomic mass is 16.5. The van der Waals surface area contributed by atoms with Gasteiger partial charge in [0.1, 0.15) is 0 Å². The minimum atomic E-state index is 0.382. The van der Waals surface area contributed by atoms with Gasteiger partial charge in [-0.1, -0.05) is 0 Å². The summed E-state index contributed by atoms with van der Waals surface area (Å²) in [6.45, 7) is 11.3. The summed E-state index contributed by atoms with van der Waals surface area (Å²) in [6, 6.07) is 2.22. The van der Waals surface area contributed by atoms with E-state index in [0.717, 1.165) is 32.3 Å². The van der Waals surface area contributed by atoms with E-state index in [9.17, 15) is 0 Å². The first-order chi connectivity index (χ1) is 9.72. The molecule has 116 valence electrons. The smallest absolute Gasteiger partial charge is 0.0826 e. The molecule has 0 aliphatic carbocycles. The zero-order chi connectivity index (χ0) is 13.9. The maximum atomic E-state index is 5.92. The number of nitrogens with zero attached hydrogens (tertiary/aromatic N) is 2. The Morgan fingerprint density at radius 1 is 1.20 bits per heavy atom. The molecule has 0 bridgehead atoms. The lowest BCUT2D eigenvalue weighted by molar-refractivity contribution is -0.0390. The third-order valence-electron chi connectivity index (χ3n) is 5.36. The third-order valence-corrected chi connectivity index (χ3v) is 5.36. The number of ether oxygens (including phenoxy) is 1. The Morgan fingerprint density at radius 3 is 2.95 bits per heavy atom. The lowest BCUT2D eigenvalue weighted by Gasteiger charge is -2.38. The van der Waals surface area contributed by atoms with Crippen LogP contribution in [0.25, 0.3) is 0 Å². The van der Waals surface area contributed by atoms with Gasteiger partial charge in [-0.2, -0.15) is 0 Å². The number of fused-ring (bicyclic) bond motifs is 1. The molecule has 0 aromatic carbocycles. The molecule has 0 aromatic heterocycles. The average Bonchev–Trinajstić information content (AvgIpc) is 2.93. The summed E-state index contributed by atoms with van der Waals surface area (Å²) in [6.07, 6.45) is 5.87. The van der Waals surface area contributed by atoms with Crippen molar-refractivity contribution in [1.82, 2.24) is 15.1 Å². The van der Waals surface area contributed by atoms with Crippen molar-refractivity contribution in [3.05, 3.63) is 0 Å². The van der Waals surface area contributed by atoms with Gasteiger partial charge in [0.05, 0.1) is 12.7 Å². The first kappa shape index (κ1) is 14.8. The highest BCUT2D eigenvalue weighted by Crippen LogP contribution is 2.26. The Hall–Kier alpha value is -0.160. The van der Waals surface area contributed by atoms with Gasteiger partial charge in [0.25, 0.3) is 0 Å². The van der Waals surface area contributed by atoms with Crippen molar-refractivity contribution < 1.29 is 4.74 Å². The van der Waals surface area contributed by atoms with E-state index < -0.39 is 0 Å². The first-order valence-electron chi connectivity index (χ1n) is 8.55. The number of hydrogen-bond donors (Lipinski definition) is 1. The topological polar surface area (TPSA) is 27.7 Å². The minimum absolute atomic E-state index is 0.382. The van der Waals surface area contributed by atoms with E-state index in [1.165, 1.54) is 38.8 Å². The van der Waals surface area contributed by atoms with Crippen LogP contribution >= 0.6 is 0 Å². The van der Waals surface area contributed by atoms with Crippen LogP contribution in [0.5, 0.6) is 0 Å². The molecule has 3 rings (SSSR count). The molecule has 0 radical (unpaired) electrons. The second kappa shape index (κ2) is 6.73. The van der Waals surface area contributed by atoms with Crippen LogP contribution < -0.4 is 5.32 Å². The molecule has 3 aliphatic rings. The van der Waals surface area contributed by atoms with E-state index >= 15 is 0 Å². The number of rotatable bonds is 4. The Morgan fingerprint density at radius 2 is 2.10 bits per heavy atom. The van der Waals surface area contributed by atoms with Crippen LogP contribution in [0, 0.1) is 0 Å². The fourth-order valence-electron chi connectivity index (χ4n) is 4.04. The Balaban J connectivity index is 1.40. The predicted octanol–water partition coefficient (Wildman–Crippen LogP) is 1.31. The standard InChI is InChI=1S/C16H31N3O/c1-13(2)19-8-9-20-16(12-19)11-17-14-5-7-18-6-3-4-15(18)10-14/h13-17H,3-12H2,1-2H3. The molecule has 20 heavy (non-hydrogen) atoms. The van der Waals surface area contributed by atoms with Crippen molar-refractivity contribution in [1.29, 1.82) is 0 Å². The molecule has 0 spiro atoms. The van der Waals surface area contributed by atoms with Crippen LogP contribution in [0.2, 0.25) is 0 Å².